The summed E-state index contributed by atoms with van der Waals surface area (Å²) in [6, 6.07) is 23.6. The van der Waals surface area contributed by atoms with Gasteiger partial charge in [0.15, 0.2) is 5.69 Å². The molecule has 0 aliphatic carbocycles. The molecule has 2 aromatic heterocycles. The summed E-state index contributed by atoms with van der Waals surface area (Å²) >= 11 is 0. The molecule has 0 radical (unpaired) electrons. The number of nitrogens with zero attached hydrogens (tertiary/aromatic N) is 5. The van der Waals surface area contributed by atoms with E-state index in [2.05, 4.69) is 25.4 Å². The second kappa shape index (κ2) is 18.8. The van der Waals surface area contributed by atoms with Gasteiger partial charge in [0.2, 0.25) is 0 Å². The number of rotatable bonds is 11. The fourth-order valence-electron chi connectivity index (χ4n) is 4.98. The molecular formula is C40H35N7O6. The topological polar surface area (TPSA) is 206 Å². The Morgan fingerprint density at radius 3 is 1.68 bits per heavy atom. The lowest BCUT2D eigenvalue weighted by molar-refractivity contribution is 0.0942. The van der Waals surface area contributed by atoms with E-state index in [1.165, 1.54) is 6.20 Å². The van der Waals surface area contributed by atoms with Gasteiger partial charge in [-0.15, -0.1) is 0 Å². The molecule has 2 amide bonds. The summed E-state index contributed by atoms with van der Waals surface area (Å²) < 4.78 is 5.93. The lowest BCUT2D eigenvalue weighted by atomic mass is 10.1. The van der Waals surface area contributed by atoms with Crippen molar-refractivity contribution >= 4 is 17.5 Å². The van der Waals surface area contributed by atoms with Crippen molar-refractivity contribution in [2.45, 2.75) is 46.8 Å². The van der Waals surface area contributed by atoms with E-state index in [4.69, 9.17) is 21.8 Å². The number of hydrogen-bond donors (Lipinski definition) is 5. The number of ether oxygens (including phenoxy) is 1. The number of amides is 2. The average molecular weight is 710 g/mol. The molecule has 3 aromatic carbocycles. The minimum absolute atomic E-state index is 0.0624. The van der Waals surface area contributed by atoms with Crippen LogP contribution in [0.1, 0.15) is 71.0 Å². The van der Waals surface area contributed by atoms with E-state index in [9.17, 15) is 24.9 Å². The summed E-state index contributed by atoms with van der Waals surface area (Å²) in [7, 11) is 0. The Morgan fingerprint density at radius 2 is 1.23 bits per heavy atom. The molecule has 0 saturated carbocycles. The molecule has 5 rings (SSSR count). The van der Waals surface area contributed by atoms with Gasteiger partial charge in [0.05, 0.1) is 54.4 Å². The van der Waals surface area contributed by atoms with E-state index in [0.717, 1.165) is 5.56 Å². The molecule has 0 aliphatic heterocycles. The average Bonchev–Trinajstić information content (AvgIpc) is 3.20. The third-order valence-corrected chi connectivity index (χ3v) is 8.03. The molecule has 13 heteroatoms. The van der Waals surface area contributed by atoms with Gasteiger partial charge in [-0.2, -0.15) is 10.5 Å². The number of pyridine rings is 2. The van der Waals surface area contributed by atoms with Gasteiger partial charge in [-0.05, 0) is 79.1 Å². The quantitative estimate of drug-likeness (QED) is 0.113. The van der Waals surface area contributed by atoms with E-state index in [1.54, 1.807) is 80.7 Å². The molecule has 5 N–H and O–H groups in total. The highest BCUT2D eigenvalue weighted by molar-refractivity contribution is 5.94. The number of aromatic nitrogens is 2. The zero-order valence-corrected chi connectivity index (χ0v) is 28.9. The third kappa shape index (κ3) is 10.2. The fourth-order valence-corrected chi connectivity index (χ4v) is 4.98. The number of aryl methyl sites for hydroxylation is 2. The summed E-state index contributed by atoms with van der Waals surface area (Å²) in [6.07, 6.45) is 3.12. The molecule has 0 saturated heterocycles. The Balaban J connectivity index is 0.000000251. The molecular weight excluding hydrogens is 674 g/mol. The first-order chi connectivity index (χ1) is 25.6. The molecule has 53 heavy (non-hydrogen) atoms. The molecule has 0 unspecified atom stereocenters. The van der Waals surface area contributed by atoms with Crippen LogP contribution >= 0.6 is 0 Å². The van der Waals surface area contributed by atoms with Crippen LogP contribution in [0.25, 0.3) is 4.85 Å². The Bertz CT molecular complexity index is 2200. The zero-order chi connectivity index (χ0) is 38.3. The van der Waals surface area contributed by atoms with E-state index in [1.807, 2.05) is 24.3 Å². The van der Waals surface area contributed by atoms with Crippen LogP contribution in [0.4, 0.5) is 5.69 Å². The molecule has 0 spiro atoms. The first-order valence-electron chi connectivity index (χ1n) is 16.1. The smallest absolute Gasteiger partial charge is 0.251 e. The molecule has 5 aromatic rings. The number of aliphatic hydroxyl groups excluding tert-OH is 2. The summed E-state index contributed by atoms with van der Waals surface area (Å²) in [4.78, 5) is 36.1. The molecule has 13 nitrogen and oxygen atoms in total. The van der Waals surface area contributed by atoms with Crippen molar-refractivity contribution in [3.05, 3.63) is 158 Å². The predicted molar refractivity (Wildman–Crippen MR) is 193 cm³/mol. The fraction of sp³-hybridized carbons (Fsp3) is 0.175. The van der Waals surface area contributed by atoms with Gasteiger partial charge >= 0.3 is 0 Å². The lowest BCUT2D eigenvalue weighted by Crippen LogP contribution is -2.23. The number of aliphatic hydroxyl groups is 2. The van der Waals surface area contributed by atoms with Crippen LogP contribution in [0, 0.1) is 43.1 Å². The first-order valence-corrected chi connectivity index (χ1v) is 16.1. The van der Waals surface area contributed by atoms with Gasteiger partial charge in [0.25, 0.3) is 11.8 Å². The Kier molecular flexibility index (Phi) is 13.7. The van der Waals surface area contributed by atoms with E-state index >= 15 is 0 Å². The number of benzene rings is 3. The van der Waals surface area contributed by atoms with E-state index in [0.29, 0.717) is 67.3 Å². The van der Waals surface area contributed by atoms with E-state index < -0.39 is 0 Å². The van der Waals surface area contributed by atoms with Crippen molar-refractivity contribution in [3.63, 3.8) is 0 Å². The number of nitrogens with one attached hydrogen (secondary N) is 2. The highest BCUT2D eigenvalue weighted by atomic mass is 16.5. The Hall–Kier alpha value is -7.11. The van der Waals surface area contributed by atoms with Crippen LogP contribution < -0.4 is 15.4 Å². The van der Waals surface area contributed by atoms with Gasteiger partial charge < -0.3 is 30.7 Å². The van der Waals surface area contributed by atoms with Crippen molar-refractivity contribution in [1.82, 2.24) is 20.6 Å². The van der Waals surface area contributed by atoms with Crippen LogP contribution in [0.3, 0.4) is 0 Å². The van der Waals surface area contributed by atoms with Gasteiger partial charge in [-0.1, -0.05) is 24.3 Å². The third-order valence-electron chi connectivity index (χ3n) is 8.03. The highest BCUT2D eigenvalue weighted by Crippen LogP contribution is 2.27. The number of carbonyl (C=O) groups excluding carboxylic acids is 2. The monoisotopic (exact) mass is 709 g/mol. The number of hydrogen-bond acceptors (Lipinski definition) is 10. The Labute approximate surface area is 306 Å². The number of nitriles is 2. The summed E-state index contributed by atoms with van der Waals surface area (Å²) in [6.45, 7) is 10.4. The summed E-state index contributed by atoms with van der Waals surface area (Å²) in [5.74, 6) is -0.195. The van der Waals surface area contributed by atoms with Crippen molar-refractivity contribution in [2.24, 2.45) is 0 Å². The maximum atomic E-state index is 12.4. The molecule has 266 valence electrons. The second-order valence-corrected chi connectivity index (χ2v) is 11.5. The molecule has 0 fully saturated rings. The maximum absolute atomic E-state index is 12.4. The van der Waals surface area contributed by atoms with Gasteiger partial charge in [0.1, 0.15) is 18.1 Å². The summed E-state index contributed by atoms with van der Waals surface area (Å²) in [5, 5.41) is 52.2. The minimum atomic E-state index is -0.336. The molecule has 0 bridgehead atoms. The highest BCUT2D eigenvalue weighted by Gasteiger charge is 2.16. The normalized spacial score (nSPS) is 10.1. The van der Waals surface area contributed by atoms with Gasteiger partial charge in [-0.3, -0.25) is 19.6 Å². The predicted octanol–water partition coefficient (Wildman–Crippen LogP) is 5.20. The second-order valence-electron chi connectivity index (χ2n) is 11.5. The Morgan fingerprint density at radius 1 is 0.755 bits per heavy atom. The van der Waals surface area contributed by atoms with Crippen molar-refractivity contribution < 1.29 is 29.6 Å². The molecule has 0 atom stereocenters. The number of aromatic hydroxyl groups is 1. The van der Waals surface area contributed by atoms with Gasteiger partial charge in [0, 0.05) is 47.7 Å². The van der Waals surface area contributed by atoms with Crippen LogP contribution in [-0.2, 0) is 32.9 Å². The van der Waals surface area contributed by atoms with Crippen molar-refractivity contribution in [3.8, 4) is 23.6 Å². The van der Waals surface area contributed by atoms with Crippen molar-refractivity contribution in [1.29, 1.82) is 10.5 Å². The van der Waals surface area contributed by atoms with Crippen LogP contribution in [0.15, 0.2) is 85.2 Å². The largest absolute Gasteiger partial charge is 0.506 e. The zero-order valence-electron chi connectivity index (χ0n) is 28.9. The SMILES string of the molecule is Cc1ncc(CNC(=O)c2ccc(C#N)cc2)c(CO)c1O.[C-]#[N+]c1ccc(COc2c(C)ncc(CNC(=O)c3ccc(C#N)cc3)c2CO)cc1. The van der Waals surface area contributed by atoms with Crippen molar-refractivity contribution in [2.75, 3.05) is 0 Å². The van der Waals surface area contributed by atoms with E-state index in [-0.39, 0.29) is 50.5 Å². The molecule has 0 aliphatic rings. The van der Waals surface area contributed by atoms with Crippen LogP contribution in [0.2, 0.25) is 0 Å². The van der Waals surface area contributed by atoms with Gasteiger partial charge in [-0.25, -0.2) is 4.85 Å². The van der Waals surface area contributed by atoms with Crippen LogP contribution in [-0.4, -0.2) is 37.1 Å². The van der Waals surface area contributed by atoms with Crippen LogP contribution in [0.5, 0.6) is 11.5 Å². The number of carbonyl (C=O) groups is 2. The maximum Gasteiger partial charge on any atom is 0.251 e. The lowest BCUT2D eigenvalue weighted by Gasteiger charge is -2.16. The summed E-state index contributed by atoms with van der Waals surface area (Å²) in [5.41, 5.74) is 6.42. The molecule has 2 heterocycles. The first kappa shape index (κ1) is 38.7. The minimum Gasteiger partial charge on any atom is -0.506 e. The standard InChI is InChI=1S/C24H20N4O3.C16H15N3O3/c1-16-23(31-15-18-5-9-21(26-2)10-6-18)22(14-29)20(12-27-16)13-28-24(30)19-7-3-17(11-25)4-8-19;1-10-15(21)14(9-20)13(7-18-10)8-19-16(22)12-4-2-11(6-17)3-5-12/h3-10,12,29H,13-15H2,1H3,(H,28,30);2-5,7,20-21H,8-9H2,1H3,(H,19,22).